The van der Waals surface area contributed by atoms with Crippen molar-refractivity contribution in [1.82, 2.24) is 10.0 Å². The summed E-state index contributed by atoms with van der Waals surface area (Å²) in [4.78, 5) is 35.5. The van der Waals surface area contributed by atoms with Gasteiger partial charge in [0.25, 0.3) is 0 Å². The number of rotatable bonds is 4. The molecule has 27 heavy (non-hydrogen) atoms. The Morgan fingerprint density at radius 3 is 2.37 bits per heavy atom. The molecule has 2 heterocycles. The van der Waals surface area contributed by atoms with Gasteiger partial charge in [0.15, 0.2) is 0 Å². The quantitative estimate of drug-likeness (QED) is 0.609. The summed E-state index contributed by atoms with van der Waals surface area (Å²) in [6, 6.07) is 10.6. The molecule has 0 radical (unpaired) electrons. The van der Waals surface area contributed by atoms with Crippen LogP contribution in [0.15, 0.2) is 40.8 Å². The lowest BCUT2D eigenvalue weighted by Gasteiger charge is -2.28. The number of amides is 2. The second-order valence-electron chi connectivity index (χ2n) is 6.94. The van der Waals surface area contributed by atoms with Gasteiger partial charge in [-0.2, -0.15) is 0 Å². The van der Waals surface area contributed by atoms with Crippen LogP contribution in [-0.2, 0) is 17.6 Å². The fourth-order valence-electron chi connectivity index (χ4n) is 3.90. The van der Waals surface area contributed by atoms with Gasteiger partial charge in [0.2, 0.25) is 11.7 Å². The van der Waals surface area contributed by atoms with Crippen molar-refractivity contribution in [2.75, 3.05) is 13.1 Å². The van der Waals surface area contributed by atoms with Crippen LogP contribution in [0.4, 0.5) is 5.88 Å². The predicted molar refractivity (Wildman–Crippen MR) is 94.7 cm³/mol. The van der Waals surface area contributed by atoms with Crippen molar-refractivity contribution in [3.63, 3.8) is 0 Å². The highest BCUT2D eigenvalue weighted by atomic mass is 16.6. The first-order chi connectivity index (χ1) is 13.0. The second-order valence-corrected chi connectivity index (χ2v) is 6.94. The maximum Gasteiger partial charge on any atom is 0.433 e. The minimum atomic E-state index is -0.693. The fourth-order valence-corrected chi connectivity index (χ4v) is 3.90. The molecule has 8 heteroatoms. The molecule has 0 unspecified atom stereocenters. The van der Waals surface area contributed by atoms with E-state index >= 15 is 0 Å². The van der Waals surface area contributed by atoms with E-state index in [-0.39, 0.29) is 17.6 Å². The highest BCUT2D eigenvalue weighted by molar-refractivity contribution is 5.93. The first-order valence-corrected chi connectivity index (χ1v) is 8.96. The van der Waals surface area contributed by atoms with Crippen molar-refractivity contribution in [3.05, 3.63) is 63.4 Å². The lowest BCUT2D eigenvalue weighted by Crippen LogP contribution is -2.45. The van der Waals surface area contributed by atoms with E-state index in [0.29, 0.717) is 25.9 Å². The molecule has 1 aromatic heterocycles. The number of hydrogen-bond donors (Lipinski definition) is 0. The van der Waals surface area contributed by atoms with Crippen LogP contribution in [0.5, 0.6) is 0 Å². The normalized spacial score (nSPS) is 16.6. The zero-order valence-corrected chi connectivity index (χ0v) is 14.7. The van der Waals surface area contributed by atoms with E-state index in [0.717, 1.165) is 18.9 Å². The summed E-state index contributed by atoms with van der Waals surface area (Å²) in [5.41, 5.74) is 2.57. The summed E-state index contributed by atoms with van der Waals surface area (Å²) in [5.74, 6) is -1.01. The van der Waals surface area contributed by atoms with Crippen LogP contribution >= 0.6 is 0 Å². The lowest BCUT2D eigenvalue weighted by atomic mass is 10.0. The van der Waals surface area contributed by atoms with Crippen LogP contribution < -0.4 is 0 Å². The highest BCUT2D eigenvalue weighted by Crippen LogP contribution is 2.30. The van der Waals surface area contributed by atoms with Gasteiger partial charge in [0.05, 0.1) is 6.07 Å². The molecule has 140 valence electrons. The summed E-state index contributed by atoms with van der Waals surface area (Å²) in [5, 5.41) is 13.5. The Labute approximate surface area is 155 Å². The average molecular weight is 369 g/mol. The van der Waals surface area contributed by atoms with Crippen LogP contribution in [-0.4, -0.2) is 39.8 Å². The Kier molecular flexibility index (Phi) is 4.39. The third-order valence-electron chi connectivity index (χ3n) is 5.13. The van der Waals surface area contributed by atoms with Gasteiger partial charge in [-0.1, -0.05) is 24.3 Å². The van der Waals surface area contributed by atoms with E-state index in [2.05, 4.69) is 12.1 Å². The molecule has 2 aromatic rings. The first-order valence-electron chi connectivity index (χ1n) is 8.96. The molecule has 1 aliphatic heterocycles. The molecule has 0 N–H and O–H groups in total. The predicted octanol–water partition coefficient (Wildman–Crippen LogP) is 2.58. The van der Waals surface area contributed by atoms with E-state index in [4.69, 9.17) is 4.42 Å². The number of furan rings is 1. The van der Waals surface area contributed by atoms with Gasteiger partial charge in [0, 0.05) is 19.5 Å². The van der Waals surface area contributed by atoms with Gasteiger partial charge in [-0.25, -0.2) is 5.01 Å². The standard InChI is InChI=1S/C19H19N3O5/c23-17(12-13-10-14-4-1-2-5-15(14)11-13)20-8-3-9-21(20)19(24)16-6-7-18(27-16)22(25)26/h1-2,4-7,13H,3,8-12H2. The van der Waals surface area contributed by atoms with Gasteiger partial charge in [-0.3, -0.25) is 24.7 Å². The summed E-state index contributed by atoms with van der Waals surface area (Å²) in [6.45, 7) is 0.858. The van der Waals surface area contributed by atoms with E-state index in [9.17, 15) is 19.7 Å². The second kappa shape index (κ2) is 6.86. The largest absolute Gasteiger partial charge is 0.433 e. The summed E-state index contributed by atoms with van der Waals surface area (Å²) in [7, 11) is 0. The van der Waals surface area contributed by atoms with Crippen LogP contribution in [0, 0.1) is 16.0 Å². The SMILES string of the molecule is O=C(CC1Cc2ccccc2C1)N1CCCN1C(=O)c1ccc([N+](=O)[O-])o1. The molecule has 2 aliphatic rings. The number of benzene rings is 1. The van der Waals surface area contributed by atoms with Crippen molar-refractivity contribution in [3.8, 4) is 0 Å². The number of hydrazine groups is 1. The van der Waals surface area contributed by atoms with Crippen molar-refractivity contribution >= 4 is 17.7 Å². The Bertz CT molecular complexity index is 881. The molecule has 0 atom stereocenters. The zero-order valence-electron chi connectivity index (χ0n) is 14.7. The molecule has 0 spiro atoms. The van der Waals surface area contributed by atoms with Gasteiger partial charge >= 0.3 is 11.8 Å². The van der Waals surface area contributed by atoms with Gasteiger partial charge in [0.1, 0.15) is 4.92 Å². The van der Waals surface area contributed by atoms with Crippen LogP contribution in [0.25, 0.3) is 0 Å². The maximum atomic E-state index is 12.8. The monoisotopic (exact) mass is 369 g/mol. The molecule has 0 saturated carbocycles. The molecule has 4 rings (SSSR count). The van der Waals surface area contributed by atoms with E-state index in [1.54, 1.807) is 0 Å². The van der Waals surface area contributed by atoms with Crippen molar-refractivity contribution in [1.29, 1.82) is 0 Å². The van der Waals surface area contributed by atoms with Gasteiger partial charge in [-0.05, 0) is 42.4 Å². The number of carbonyl (C=O) groups is 2. The molecule has 1 saturated heterocycles. The number of nitro groups is 1. The van der Waals surface area contributed by atoms with Gasteiger partial charge < -0.3 is 4.42 Å². The summed E-state index contributed by atoms with van der Waals surface area (Å²) < 4.78 is 4.99. The average Bonchev–Trinajstić information content (AvgIpc) is 3.38. The summed E-state index contributed by atoms with van der Waals surface area (Å²) in [6.07, 6.45) is 2.78. The number of fused-ring (bicyclic) bond motifs is 1. The van der Waals surface area contributed by atoms with E-state index in [1.165, 1.54) is 27.2 Å². The third kappa shape index (κ3) is 3.30. The smallest absolute Gasteiger partial charge is 0.395 e. The highest BCUT2D eigenvalue weighted by Gasteiger charge is 2.35. The minimum absolute atomic E-state index is 0.0975. The summed E-state index contributed by atoms with van der Waals surface area (Å²) >= 11 is 0. The zero-order chi connectivity index (χ0) is 19.0. The molecular formula is C19H19N3O5. The Balaban J connectivity index is 1.42. The molecular weight excluding hydrogens is 350 g/mol. The number of nitrogens with zero attached hydrogens (tertiary/aromatic N) is 3. The van der Waals surface area contributed by atoms with Crippen molar-refractivity contribution < 1.29 is 18.9 Å². The molecule has 8 nitrogen and oxygen atoms in total. The van der Waals surface area contributed by atoms with E-state index in [1.807, 2.05) is 12.1 Å². The Morgan fingerprint density at radius 1 is 1.07 bits per heavy atom. The van der Waals surface area contributed by atoms with Gasteiger partial charge in [-0.15, -0.1) is 0 Å². The van der Waals surface area contributed by atoms with Crippen LogP contribution in [0.3, 0.4) is 0 Å². The minimum Gasteiger partial charge on any atom is -0.395 e. The van der Waals surface area contributed by atoms with Crippen LogP contribution in [0.2, 0.25) is 0 Å². The fraction of sp³-hybridized carbons (Fsp3) is 0.368. The first kappa shape index (κ1) is 17.3. The lowest BCUT2D eigenvalue weighted by molar-refractivity contribution is -0.402. The number of carbonyl (C=O) groups excluding carboxylic acids is 2. The molecule has 1 aliphatic carbocycles. The van der Waals surface area contributed by atoms with E-state index < -0.39 is 16.7 Å². The maximum absolute atomic E-state index is 12.8. The molecule has 1 aromatic carbocycles. The van der Waals surface area contributed by atoms with Crippen molar-refractivity contribution in [2.45, 2.75) is 25.7 Å². The Morgan fingerprint density at radius 2 is 1.74 bits per heavy atom. The number of hydrogen-bond acceptors (Lipinski definition) is 5. The Hall–Kier alpha value is -3.16. The molecule has 2 amide bonds. The molecule has 0 bridgehead atoms. The van der Waals surface area contributed by atoms with Crippen LogP contribution in [0.1, 0.15) is 34.5 Å². The third-order valence-corrected chi connectivity index (χ3v) is 5.13. The molecule has 1 fully saturated rings. The van der Waals surface area contributed by atoms with Crippen molar-refractivity contribution in [2.24, 2.45) is 5.92 Å². The topological polar surface area (TPSA) is 96.9 Å².